The molecule has 2 aliphatic rings. The number of hydrogen-bond donors (Lipinski definition) is 0. The summed E-state index contributed by atoms with van der Waals surface area (Å²) in [6.07, 6.45) is 1.88. The largest absolute Gasteiger partial charge is 0.340 e. The van der Waals surface area contributed by atoms with Crippen LogP contribution in [0.5, 0.6) is 0 Å². The van der Waals surface area contributed by atoms with Crippen molar-refractivity contribution in [2.24, 2.45) is 5.41 Å². The van der Waals surface area contributed by atoms with Crippen LogP contribution in [0.3, 0.4) is 0 Å². The van der Waals surface area contributed by atoms with Crippen molar-refractivity contribution < 1.29 is 13.2 Å². The van der Waals surface area contributed by atoms with Gasteiger partial charge >= 0.3 is 0 Å². The number of hydrogen-bond acceptors (Lipinski definition) is 3. The van der Waals surface area contributed by atoms with Crippen LogP contribution in [0.15, 0.2) is 0 Å². The fraction of sp³-hybridized carbons (Fsp3) is 0.889. The van der Waals surface area contributed by atoms with E-state index < -0.39 is 9.84 Å². The SMILES string of the molecule is CN(C(=O)C1(C)CC1)C1CS(=O)(=O)C1. The van der Waals surface area contributed by atoms with Crippen molar-refractivity contribution in [2.75, 3.05) is 18.6 Å². The van der Waals surface area contributed by atoms with E-state index in [0.29, 0.717) is 0 Å². The normalized spacial score (nSPS) is 27.9. The molecule has 0 radical (unpaired) electrons. The van der Waals surface area contributed by atoms with Gasteiger partial charge < -0.3 is 4.90 Å². The molecule has 0 aromatic heterocycles. The summed E-state index contributed by atoms with van der Waals surface area (Å²) in [6.45, 7) is 1.94. The van der Waals surface area contributed by atoms with Crippen LogP contribution in [0.4, 0.5) is 0 Å². The lowest BCUT2D eigenvalue weighted by Crippen LogP contribution is -2.55. The summed E-state index contributed by atoms with van der Waals surface area (Å²) in [7, 11) is -1.11. The molecule has 1 saturated carbocycles. The molecule has 14 heavy (non-hydrogen) atoms. The molecular weight excluding hydrogens is 202 g/mol. The zero-order valence-corrected chi connectivity index (χ0v) is 9.30. The van der Waals surface area contributed by atoms with Crippen LogP contribution in [0.25, 0.3) is 0 Å². The van der Waals surface area contributed by atoms with Crippen LogP contribution < -0.4 is 0 Å². The maximum absolute atomic E-state index is 11.8. The van der Waals surface area contributed by atoms with E-state index >= 15 is 0 Å². The van der Waals surface area contributed by atoms with Gasteiger partial charge in [0.05, 0.1) is 17.5 Å². The third-order valence-corrected chi connectivity index (χ3v) is 5.06. The number of carbonyl (C=O) groups excluding carboxylic acids is 1. The molecule has 0 bridgehead atoms. The van der Waals surface area contributed by atoms with Crippen molar-refractivity contribution >= 4 is 15.7 Å². The van der Waals surface area contributed by atoms with Crippen LogP contribution >= 0.6 is 0 Å². The Morgan fingerprint density at radius 1 is 1.36 bits per heavy atom. The second kappa shape index (κ2) is 2.72. The average molecular weight is 217 g/mol. The standard InChI is InChI=1S/C9H15NO3S/c1-9(3-4-9)8(11)10(2)7-5-14(12,13)6-7/h7H,3-6H2,1-2H3. The molecular formula is C9H15NO3S. The Bertz CT molecular complexity index is 358. The number of carbonyl (C=O) groups is 1. The van der Waals surface area contributed by atoms with E-state index in [9.17, 15) is 13.2 Å². The molecule has 1 amide bonds. The molecule has 0 atom stereocenters. The third-order valence-electron chi connectivity index (χ3n) is 3.28. The number of nitrogens with zero attached hydrogens (tertiary/aromatic N) is 1. The van der Waals surface area contributed by atoms with Gasteiger partial charge in [0, 0.05) is 12.5 Å². The molecule has 0 unspecified atom stereocenters. The first kappa shape index (κ1) is 9.96. The first-order valence-corrected chi connectivity index (χ1v) is 6.64. The van der Waals surface area contributed by atoms with Gasteiger partial charge in [-0.25, -0.2) is 8.42 Å². The van der Waals surface area contributed by atoms with Gasteiger partial charge in [0.2, 0.25) is 5.91 Å². The van der Waals surface area contributed by atoms with E-state index in [4.69, 9.17) is 0 Å². The Kier molecular flexibility index (Phi) is 1.93. The van der Waals surface area contributed by atoms with E-state index in [0.717, 1.165) is 12.8 Å². The van der Waals surface area contributed by atoms with Crippen molar-refractivity contribution in [3.05, 3.63) is 0 Å². The van der Waals surface area contributed by atoms with Crippen LogP contribution in [-0.2, 0) is 14.6 Å². The van der Waals surface area contributed by atoms with Gasteiger partial charge in [0.25, 0.3) is 0 Å². The van der Waals surface area contributed by atoms with Crippen molar-refractivity contribution in [1.29, 1.82) is 0 Å². The lowest BCUT2D eigenvalue weighted by atomic mass is 10.1. The highest BCUT2D eigenvalue weighted by atomic mass is 32.2. The van der Waals surface area contributed by atoms with Crippen molar-refractivity contribution in [3.8, 4) is 0 Å². The summed E-state index contributed by atoms with van der Waals surface area (Å²) >= 11 is 0. The molecule has 80 valence electrons. The predicted molar refractivity (Wildman–Crippen MR) is 52.6 cm³/mol. The first-order chi connectivity index (χ1) is 6.34. The molecule has 1 aliphatic heterocycles. The number of sulfone groups is 1. The molecule has 1 saturated heterocycles. The lowest BCUT2D eigenvalue weighted by Gasteiger charge is -2.35. The molecule has 1 heterocycles. The topological polar surface area (TPSA) is 54.5 Å². The molecule has 0 spiro atoms. The zero-order valence-electron chi connectivity index (χ0n) is 8.49. The number of rotatable bonds is 2. The monoisotopic (exact) mass is 217 g/mol. The number of amides is 1. The molecule has 1 aliphatic carbocycles. The molecule has 5 heteroatoms. The minimum atomic E-state index is -2.83. The van der Waals surface area contributed by atoms with Gasteiger partial charge in [-0.3, -0.25) is 4.79 Å². The van der Waals surface area contributed by atoms with Gasteiger partial charge in [0.1, 0.15) is 0 Å². The van der Waals surface area contributed by atoms with Crippen LogP contribution in [-0.4, -0.2) is 43.8 Å². The Hall–Kier alpha value is -0.580. The van der Waals surface area contributed by atoms with Crippen LogP contribution in [0, 0.1) is 5.41 Å². The second-order valence-corrected chi connectivity index (χ2v) is 6.86. The summed E-state index contributed by atoms with van der Waals surface area (Å²) in [5, 5.41) is 0. The molecule has 0 aromatic carbocycles. The lowest BCUT2D eigenvalue weighted by molar-refractivity contribution is -0.136. The molecule has 0 N–H and O–H groups in total. The summed E-state index contributed by atoms with van der Waals surface area (Å²) in [6, 6.07) is -0.0788. The fourth-order valence-electron chi connectivity index (χ4n) is 1.75. The van der Waals surface area contributed by atoms with Crippen molar-refractivity contribution in [2.45, 2.75) is 25.8 Å². The smallest absolute Gasteiger partial charge is 0.228 e. The summed E-state index contributed by atoms with van der Waals surface area (Å²) in [5.74, 6) is 0.397. The Morgan fingerprint density at radius 2 is 1.86 bits per heavy atom. The van der Waals surface area contributed by atoms with E-state index in [-0.39, 0.29) is 28.9 Å². The summed E-state index contributed by atoms with van der Waals surface area (Å²) < 4.78 is 21.9. The molecule has 2 rings (SSSR count). The van der Waals surface area contributed by atoms with Crippen LogP contribution in [0.1, 0.15) is 19.8 Å². The zero-order chi connectivity index (χ0) is 10.6. The average Bonchev–Trinajstić information content (AvgIpc) is 2.78. The maximum atomic E-state index is 11.8. The van der Waals surface area contributed by atoms with E-state index in [1.165, 1.54) is 0 Å². The second-order valence-electron chi connectivity index (χ2n) is 4.71. The quantitative estimate of drug-likeness (QED) is 0.656. The first-order valence-electron chi connectivity index (χ1n) is 4.82. The molecule has 2 fully saturated rings. The van der Waals surface area contributed by atoms with Gasteiger partial charge in [-0.2, -0.15) is 0 Å². The minimum Gasteiger partial charge on any atom is -0.340 e. The van der Waals surface area contributed by atoms with Crippen molar-refractivity contribution in [1.82, 2.24) is 4.90 Å². The fourth-order valence-corrected chi connectivity index (χ4v) is 3.28. The molecule has 0 aromatic rings. The van der Waals surface area contributed by atoms with Gasteiger partial charge in [-0.05, 0) is 12.8 Å². The highest BCUT2D eigenvalue weighted by Gasteiger charge is 2.49. The Balaban J connectivity index is 1.97. The highest BCUT2D eigenvalue weighted by Crippen LogP contribution is 2.46. The predicted octanol–water partition coefficient (Wildman–Crippen LogP) is 0.0419. The molecule has 4 nitrogen and oxygen atoms in total. The maximum Gasteiger partial charge on any atom is 0.228 e. The highest BCUT2D eigenvalue weighted by molar-refractivity contribution is 7.92. The van der Waals surface area contributed by atoms with Crippen LogP contribution in [0.2, 0.25) is 0 Å². The van der Waals surface area contributed by atoms with Crippen molar-refractivity contribution in [3.63, 3.8) is 0 Å². The van der Waals surface area contributed by atoms with E-state index in [1.807, 2.05) is 6.92 Å². The van der Waals surface area contributed by atoms with Gasteiger partial charge in [-0.1, -0.05) is 6.92 Å². The summed E-state index contributed by atoms with van der Waals surface area (Å²) in [5.41, 5.74) is -0.186. The third kappa shape index (κ3) is 1.54. The van der Waals surface area contributed by atoms with Gasteiger partial charge in [-0.15, -0.1) is 0 Å². The van der Waals surface area contributed by atoms with E-state index in [1.54, 1.807) is 11.9 Å². The van der Waals surface area contributed by atoms with Gasteiger partial charge in [0.15, 0.2) is 9.84 Å². The Morgan fingerprint density at radius 3 is 2.21 bits per heavy atom. The van der Waals surface area contributed by atoms with E-state index in [2.05, 4.69) is 0 Å². The Labute approximate surface area is 84.2 Å². The summed E-state index contributed by atoms with van der Waals surface area (Å²) in [4.78, 5) is 13.4. The minimum absolute atomic E-state index is 0.0788.